The lowest BCUT2D eigenvalue weighted by atomic mass is 9.91. The van der Waals surface area contributed by atoms with Crippen molar-refractivity contribution in [3.05, 3.63) is 48.3 Å². The average Bonchev–Trinajstić information content (AvgIpc) is 3.40. The Morgan fingerprint density at radius 2 is 1.92 bits per heavy atom. The molecule has 2 aliphatic rings. The van der Waals surface area contributed by atoms with E-state index in [0.29, 0.717) is 19.0 Å². The Balaban J connectivity index is 1.42. The van der Waals surface area contributed by atoms with E-state index in [1.54, 1.807) is 25.6 Å². The smallest absolute Gasteiger partial charge is 0.233 e. The van der Waals surface area contributed by atoms with Crippen LogP contribution in [0.2, 0.25) is 0 Å². The molecule has 2 heterocycles. The van der Waals surface area contributed by atoms with Crippen LogP contribution in [0.3, 0.4) is 0 Å². The van der Waals surface area contributed by atoms with E-state index in [9.17, 15) is 4.79 Å². The second kappa shape index (κ2) is 5.78. The van der Waals surface area contributed by atoms with E-state index in [4.69, 9.17) is 4.74 Å². The van der Waals surface area contributed by atoms with Crippen molar-refractivity contribution in [3.8, 4) is 5.75 Å². The summed E-state index contributed by atoms with van der Waals surface area (Å²) in [5.41, 5.74) is 0.626. The molecule has 6 nitrogen and oxygen atoms in total. The van der Waals surface area contributed by atoms with Crippen LogP contribution in [0.1, 0.15) is 18.4 Å². The summed E-state index contributed by atoms with van der Waals surface area (Å²) in [7, 11) is 1.66. The molecule has 0 atom stereocenters. The first-order valence-electron chi connectivity index (χ1n) is 8.19. The topological polar surface area (TPSA) is 67.3 Å². The third kappa shape index (κ3) is 2.48. The molecule has 24 heavy (non-hydrogen) atoms. The number of para-hydroxylation sites is 1. The maximum atomic E-state index is 13.0. The zero-order valence-corrected chi connectivity index (χ0v) is 13.6. The number of rotatable bonds is 5. The number of anilines is 1. The summed E-state index contributed by atoms with van der Waals surface area (Å²) < 4.78 is 5.45. The van der Waals surface area contributed by atoms with Gasteiger partial charge in [0.2, 0.25) is 11.9 Å². The molecule has 1 amide bonds. The summed E-state index contributed by atoms with van der Waals surface area (Å²) in [5.74, 6) is 1.62. The number of hydrogen-bond donors (Lipinski definition) is 1. The fourth-order valence-electron chi connectivity index (χ4n) is 3.36. The number of methoxy groups -OCH3 is 1. The number of carbonyl (C=O) groups excluding carboxylic acids is 1. The number of carbonyl (C=O) groups is 1. The van der Waals surface area contributed by atoms with Crippen molar-refractivity contribution in [2.75, 3.05) is 25.5 Å². The predicted molar refractivity (Wildman–Crippen MR) is 89.9 cm³/mol. The van der Waals surface area contributed by atoms with E-state index in [2.05, 4.69) is 15.3 Å². The summed E-state index contributed by atoms with van der Waals surface area (Å²) >= 11 is 0. The molecule has 124 valence electrons. The Morgan fingerprint density at radius 1 is 1.21 bits per heavy atom. The number of ether oxygens (including phenoxy) is 1. The molecule has 0 radical (unpaired) electrons. The largest absolute Gasteiger partial charge is 0.496 e. The van der Waals surface area contributed by atoms with Crippen LogP contribution >= 0.6 is 0 Å². The van der Waals surface area contributed by atoms with Crippen LogP contribution in [0.5, 0.6) is 5.75 Å². The van der Waals surface area contributed by atoms with Gasteiger partial charge in [-0.05, 0) is 25.0 Å². The van der Waals surface area contributed by atoms with Crippen LogP contribution < -0.4 is 10.1 Å². The van der Waals surface area contributed by atoms with Crippen molar-refractivity contribution in [1.29, 1.82) is 0 Å². The Kier molecular flexibility index (Phi) is 3.59. The summed E-state index contributed by atoms with van der Waals surface area (Å²) in [6.07, 6.45) is 5.20. The summed E-state index contributed by atoms with van der Waals surface area (Å²) in [4.78, 5) is 23.2. The minimum absolute atomic E-state index is 0.207. The van der Waals surface area contributed by atoms with Gasteiger partial charge < -0.3 is 15.0 Å². The Bertz CT molecular complexity index is 740. The molecule has 0 unspecified atom stereocenters. The molecule has 1 saturated carbocycles. The van der Waals surface area contributed by atoms with Crippen LogP contribution in [0.15, 0.2) is 42.7 Å². The lowest BCUT2D eigenvalue weighted by Gasteiger charge is -2.41. The molecule has 4 rings (SSSR count). The van der Waals surface area contributed by atoms with E-state index in [1.165, 1.54) is 0 Å². The standard InChI is InChI=1S/C18H20N4O2/c1-24-15-6-3-2-5-14(15)18(7-8-18)16(23)22-11-13(12-22)21-17-19-9-4-10-20-17/h2-6,9-10,13H,7-8,11-12H2,1H3,(H,19,20,21). The van der Waals surface area contributed by atoms with Crippen molar-refractivity contribution in [1.82, 2.24) is 14.9 Å². The van der Waals surface area contributed by atoms with E-state index >= 15 is 0 Å². The van der Waals surface area contributed by atoms with Gasteiger partial charge in [0, 0.05) is 31.0 Å². The normalized spacial score (nSPS) is 18.6. The van der Waals surface area contributed by atoms with Gasteiger partial charge in [0.05, 0.1) is 18.6 Å². The van der Waals surface area contributed by atoms with Gasteiger partial charge in [0.1, 0.15) is 5.75 Å². The quantitative estimate of drug-likeness (QED) is 0.909. The van der Waals surface area contributed by atoms with Crippen molar-refractivity contribution >= 4 is 11.9 Å². The third-order valence-electron chi connectivity index (χ3n) is 4.85. The highest BCUT2D eigenvalue weighted by Gasteiger charge is 2.55. The number of hydrogen-bond acceptors (Lipinski definition) is 5. The first kappa shape index (κ1) is 14.9. The molecular weight excluding hydrogens is 304 g/mol. The summed E-state index contributed by atoms with van der Waals surface area (Å²) in [6, 6.07) is 9.84. The number of benzene rings is 1. The van der Waals surface area contributed by atoms with Gasteiger partial charge in [0.15, 0.2) is 0 Å². The monoisotopic (exact) mass is 324 g/mol. The fraction of sp³-hybridized carbons (Fsp3) is 0.389. The molecule has 2 aromatic rings. The minimum Gasteiger partial charge on any atom is -0.496 e. The zero-order chi connectivity index (χ0) is 16.6. The van der Waals surface area contributed by atoms with Gasteiger partial charge in [-0.1, -0.05) is 18.2 Å². The highest BCUT2D eigenvalue weighted by Crippen LogP contribution is 2.52. The third-order valence-corrected chi connectivity index (χ3v) is 4.85. The van der Waals surface area contributed by atoms with Gasteiger partial charge in [-0.15, -0.1) is 0 Å². The first-order chi connectivity index (χ1) is 11.7. The summed E-state index contributed by atoms with van der Waals surface area (Å²) in [6.45, 7) is 1.38. The van der Waals surface area contributed by atoms with Gasteiger partial charge in [-0.25, -0.2) is 9.97 Å². The number of likely N-dealkylation sites (tertiary alicyclic amines) is 1. The van der Waals surface area contributed by atoms with Crippen molar-refractivity contribution in [2.45, 2.75) is 24.3 Å². The fourth-order valence-corrected chi connectivity index (χ4v) is 3.36. The number of nitrogens with zero attached hydrogens (tertiary/aromatic N) is 3. The zero-order valence-electron chi connectivity index (χ0n) is 13.6. The van der Waals surface area contributed by atoms with Gasteiger partial charge >= 0.3 is 0 Å². The maximum Gasteiger partial charge on any atom is 0.233 e. The second-order valence-electron chi connectivity index (χ2n) is 6.41. The second-order valence-corrected chi connectivity index (χ2v) is 6.41. The van der Waals surface area contributed by atoms with E-state index in [0.717, 1.165) is 24.2 Å². The van der Waals surface area contributed by atoms with Crippen LogP contribution in [0, 0.1) is 0 Å². The SMILES string of the molecule is COc1ccccc1C1(C(=O)N2CC(Nc3ncccn3)C2)CC1. The molecule has 1 aliphatic carbocycles. The predicted octanol–water partition coefficient (Wildman–Crippen LogP) is 1.84. The molecule has 1 aromatic heterocycles. The minimum atomic E-state index is -0.388. The molecule has 1 N–H and O–H groups in total. The Morgan fingerprint density at radius 3 is 2.58 bits per heavy atom. The molecule has 0 spiro atoms. The lowest BCUT2D eigenvalue weighted by molar-refractivity contribution is -0.138. The van der Waals surface area contributed by atoms with Gasteiger partial charge in [-0.2, -0.15) is 0 Å². The van der Waals surface area contributed by atoms with Gasteiger partial charge in [0.25, 0.3) is 0 Å². The van der Waals surface area contributed by atoms with Crippen LogP contribution in [0.4, 0.5) is 5.95 Å². The number of aromatic nitrogens is 2. The molecule has 6 heteroatoms. The maximum absolute atomic E-state index is 13.0. The number of amides is 1. The van der Waals surface area contributed by atoms with Crippen molar-refractivity contribution in [2.24, 2.45) is 0 Å². The summed E-state index contributed by atoms with van der Waals surface area (Å²) in [5, 5.41) is 3.26. The number of nitrogens with one attached hydrogen (secondary N) is 1. The average molecular weight is 324 g/mol. The molecule has 0 bridgehead atoms. The Labute approximate surface area is 140 Å². The molecule has 2 fully saturated rings. The molecule has 1 aromatic carbocycles. The first-order valence-corrected chi connectivity index (χ1v) is 8.19. The Hall–Kier alpha value is -2.63. The van der Waals surface area contributed by atoms with Gasteiger partial charge in [-0.3, -0.25) is 4.79 Å². The van der Waals surface area contributed by atoms with Crippen LogP contribution in [-0.4, -0.2) is 47.0 Å². The molecule has 1 saturated heterocycles. The van der Waals surface area contributed by atoms with Crippen LogP contribution in [-0.2, 0) is 10.2 Å². The van der Waals surface area contributed by atoms with E-state index in [-0.39, 0.29) is 17.4 Å². The van der Waals surface area contributed by atoms with E-state index in [1.807, 2.05) is 29.2 Å². The van der Waals surface area contributed by atoms with Crippen molar-refractivity contribution < 1.29 is 9.53 Å². The van der Waals surface area contributed by atoms with Crippen molar-refractivity contribution in [3.63, 3.8) is 0 Å². The molecular formula is C18H20N4O2. The molecule has 1 aliphatic heterocycles. The lowest BCUT2D eigenvalue weighted by Crippen LogP contribution is -2.59. The van der Waals surface area contributed by atoms with Crippen LogP contribution in [0.25, 0.3) is 0 Å². The van der Waals surface area contributed by atoms with E-state index < -0.39 is 0 Å². The highest BCUT2D eigenvalue weighted by molar-refractivity contribution is 5.92. The highest BCUT2D eigenvalue weighted by atomic mass is 16.5.